The maximum Gasteiger partial charge on any atom is 0.0216 e. The Bertz CT molecular complexity index is 479. The summed E-state index contributed by atoms with van der Waals surface area (Å²) in [5, 5.41) is 4.35. The SMILES string of the molecule is Cc1ccccc1CCC(CCc1ccsc1)NN. The van der Waals surface area contributed by atoms with Crippen LogP contribution in [-0.2, 0) is 12.8 Å². The van der Waals surface area contributed by atoms with E-state index in [2.05, 4.69) is 53.4 Å². The highest BCUT2D eigenvalue weighted by atomic mass is 32.1. The lowest BCUT2D eigenvalue weighted by molar-refractivity contribution is 0.464. The van der Waals surface area contributed by atoms with Crippen LogP contribution in [-0.4, -0.2) is 6.04 Å². The first-order chi connectivity index (χ1) is 9.29. The number of rotatable bonds is 7. The average Bonchev–Trinajstić information content (AvgIpc) is 2.94. The fourth-order valence-electron chi connectivity index (χ4n) is 2.31. The van der Waals surface area contributed by atoms with Crippen molar-refractivity contribution in [2.75, 3.05) is 0 Å². The van der Waals surface area contributed by atoms with E-state index in [1.165, 1.54) is 16.7 Å². The van der Waals surface area contributed by atoms with E-state index in [1.54, 1.807) is 11.3 Å². The zero-order chi connectivity index (χ0) is 13.5. The van der Waals surface area contributed by atoms with Crippen LogP contribution in [0.3, 0.4) is 0 Å². The number of nitrogens with two attached hydrogens (primary N) is 1. The summed E-state index contributed by atoms with van der Waals surface area (Å²) < 4.78 is 0. The van der Waals surface area contributed by atoms with Gasteiger partial charge in [-0.15, -0.1) is 0 Å². The molecule has 3 heteroatoms. The van der Waals surface area contributed by atoms with E-state index in [4.69, 9.17) is 5.84 Å². The van der Waals surface area contributed by atoms with Crippen molar-refractivity contribution in [2.24, 2.45) is 5.84 Å². The van der Waals surface area contributed by atoms with Crippen LogP contribution in [0.2, 0.25) is 0 Å². The molecule has 0 radical (unpaired) electrons. The summed E-state index contributed by atoms with van der Waals surface area (Å²) in [5.74, 6) is 5.67. The number of hydrazine groups is 1. The smallest absolute Gasteiger partial charge is 0.0216 e. The number of thiophene rings is 1. The van der Waals surface area contributed by atoms with Crippen LogP contribution in [0.4, 0.5) is 0 Å². The van der Waals surface area contributed by atoms with Gasteiger partial charge in [-0.3, -0.25) is 11.3 Å². The summed E-state index contributed by atoms with van der Waals surface area (Å²) in [5.41, 5.74) is 7.18. The van der Waals surface area contributed by atoms with Crippen LogP contribution < -0.4 is 11.3 Å². The van der Waals surface area contributed by atoms with Gasteiger partial charge in [0.25, 0.3) is 0 Å². The summed E-state index contributed by atoms with van der Waals surface area (Å²) in [4.78, 5) is 0. The first-order valence-corrected chi connectivity index (χ1v) is 7.75. The maximum absolute atomic E-state index is 5.67. The Morgan fingerprint density at radius 2 is 1.95 bits per heavy atom. The van der Waals surface area contributed by atoms with Gasteiger partial charge in [-0.2, -0.15) is 11.3 Å². The fourth-order valence-corrected chi connectivity index (χ4v) is 3.01. The molecular formula is C16H22N2S. The predicted octanol–water partition coefficient (Wildman–Crippen LogP) is 3.45. The zero-order valence-electron chi connectivity index (χ0n) is 11.4. The zero-order valence-corrected chi connectivity index (χ0v) is 12.2. The van der Waals surface area contributed by atoms with Crippen molar-refractivity contribution in [3.8, 4) is 0 Å². The van der Waals surface area contributed by atoms with E-state index < -0.39 is 0 Å². The second kappa shape index (κ2) is 7.43. The average molecular weight is 274 g/mol. The molecule has 19 heavy (non-hydrogen) atoms. The third-order valence-electron chi connectivity index (χ3n) is 3.62. The molecule has 0 bridgehead atoms. The van der Waals surface area contributed by atoms with E-state index in [1.807, 2.05) is 0 Å². The van der Waals surface area contributed by atoms with E-state index in [-0.39, 0.29) is 0 Å². The highest BCUT2D eigenvalue weighted by Crippen LogP contribution is 2.14. The van der Waals surface area contributed by atoms with Crippen LogP contribution in [0.15, 0.2) is 41.1 Å². The van der Waals surface area contributed by atoms with E-state index in [0.717, 1.165) is 25.7 Å². The van der Waals surface area contributed by atoms with Gasteiger partial charge in [-0.1, -0.05) is 24.3 Å². The van der Waals surface area contributed by atoms with Crippen LogP contribution in [0.1, 0.15) is 29.5 Å². The fraction of sp³-hybridized carbons (Fsp3) is 0.375. The molecule has 0 amide bonds. The van der Waals surface area contributed by atoms with Gasteiger partial charge in [0.05, 0.1) is 0 Å². The monoisotopic (exact) mass is 274 g/mol. The molecule has 102 valence electrons. The van der Waals surface area contributed by atoms with Crippen molar-refractivity contribution in [1.29, 1.82) is 0 Å². The molecule has 0 fully saturated rings. The third kappa shape index (κ3) is 4.46. The summed E-state index contributed by atoms with van der Waals surface area (Å²) in [6.07, 6.45) is 4.38. The van der Waals surface area contributed by atoms with Crippen molar-refractivity contribution in [1.82, 2.24) is 5.43 Å². The Kier molecular flexibility index (Phi) is 5.58. The second-order valence-corrected chi connectivity index (χ2v) is 5.78. The molecular weight excluding hydrogens is 252 g/mol. The van der Waals surface area contributed by atoms with Crippen LogP contribution in [0.5, 0.6) is 0 Å². The molecule has 3 N–H and O–H groups in total. The van der Waals surface area contributed by atoms with Crippen LogP contribution in [0.25, 0.3) is 0 Å². The predicted molar refractivity (Wildman–Crippen MR) is 83.3 cm³/mol. The molecule has 0 spiro atoms. The Morgan fingerprint density at radius 3 is 2.63 bits per heavy atom. The lowest BCUT2D eigenvalue weighted by Crippen LogP contribution is -2.35. The molecule has 0 saturated heterocycles. The molecule has 0 aliphatic carbocycles. The number of aryl methyl sites for hydroxylation is 3. The molecule has 2 nitrogen and oxygen atoms in total. The largest absolute Gasteiger partial charge is 0.271 e. The highest BCUT2D eigenvalue weighted by Gasteiger charge is 2.08. The standard InChI is InChI=1S/C16H22N2S/c1-13-4-2-3-5-15(13)7-9-16(18-17)8-6-14-10-11-19-12-14/h2-5,10-12,16,18H,6-9,17H2,1H3. The minimum Gasteiger partial charge on any atom is -0.271 e. The van der Waals surface area contributed by atoms with E-state index in [9.17, 15) is 0 Å². The van der Waals surface area contributed by atoms with Crippen LogP contribution in [0, 0.1) is 6.92 Å². The Morgan fingerprint density at radius 1 is 1.16 bits per heavy atom. The second-order valence-electron chi connectivity index (χ2n) is 5.00. The molecule has 0 saturated carbocycles. The number of hydrogen-bond acceptors (Lipinski definition) is 3. The molecule has 1 aromatic carbocycles. The Hall–Kier alpha value is -1.16. The van der Waals surface area contributed by atoms with Gasteiger partial charge >= 0.3 is 0 Å². The maximum atomic E-state index is 5.67. The molecule has 1 aromatic heterocycles. The molecule has 0 aliphatic heterocycles. The molecule has 2 rings (SSSR count). The molecule has 0 aliphatic rings. The number of hydrogen-bond donors (Lipinski definition) is 2. The third-order valence-corrected chi connectivity index (χ3v) is 4.35. The lowest BCUT2D eigenvalue weighted by Gasteiger charge is -2.16. The topological polar surface area (TPSA) is 38.0 Å². The van der Waals surface area contributed by atoms with Gasteiger partial charge in [-0.25, -0.2) is 0 Å². The molecule has 1 unspecified atom stereocenters. The van der Waals surface area contributed by atoms with Gasteiger partial charge in [-0.05, 0) is 66.1 Å². The van der Waals surface area contributed by atoms with Crippen molar-refractivity contribution < 1.29 is 0 Å². The first kappa shape index (κ1) is 14.3. The molecule has 1 heterocycles. The van der Waals surface area contributed by atoms with E-state index >= 15 is 0 Å². The van der Waals surface area contributed by atoms with Gasteiger partial charge in [0, 0.05) is 6.04 Å². The Labute approximate surface area is 119 Å². The van der Waals surface area contributed by atoms with Gasteiger partial charge in [0.15, 0.2) is 0 Å². The first-order valence-electron chi connectivity index (χ1n) is 6.81. The minimum absolute atomic E-state index is 0.388. The summed E-state index contributed by atoms with van der Waals surface area (Å²) in [7, 11) is 0. The summed E-state index contributed by atoms with van der Waals surface area (Å²) >= 11 is 1.76. The molecule has 1 atom stereocenters. The van der Waals surface area contributed by atoms with Gasteiger partial charge < -0.3 is 0 Å². The Balaban J connectivity index is 1.81. The molecule has 2 aromatic rings. The van der Waals surface area contributed by atoms with Crippen molar-refractivity contribution >= 4 is 11.3 Å². The minimum atomic E-state index is 0.388. The van der Waals surface area contributed by atoms with Crippen LogP contribution >= 0.6 is 11.3 Å². The van der Waals surface area contributed by atoms with Crippen molar-refractivity contribution in [3.05, 3.63) is 57.8 Å². The van der Waals surface area contributed by atoms with Crippen molar-refractivity contribution in [3.63, 3.8) is 0 Å². The lowest BCUT2D eigenvalue weighted by atomic mass is 9.98. The van der Waals surface area contributed by atoms with Gasteiger partial charge in [0.2, 0.25) is 0 Å². The van der Waals surface area contributed by atoms with E-state index in [0.29, 0.717) is 6.04 Å². The summed E-state index contributed by atoms with van der Waals surface area (Å²) in [6.45, 7) is 2.17. The van der Waals surface area contributed by atoms with Gasteiger partial charge in [0.1, 0.15) is 0 Å². The number of benzene rings is 1. The normalized spacial score (nSPS) is 12.5. The van der Waals surface area contributed by atoms with Crippen molar-refractivity contribution in [2.45, 2.75) is 38.6 Å². The number of nitrogens with one attached hydrogen (secondary N) is 1. The quantitative estimate of drug-likeness (QED) is 0.599. The highest BCUT2D eigenvalue weighted by molar-refractivity contribution is 7.07. The summed E-state index contributed by atoms with van der Waals surface area (Å²) in [6, 6.07) is 11.2.